The molecular formula is C14H19N3O2. The third-order valence-corrected chi connectivity index (χ3v) is 3.42. The molecule has 1 unspecified atom stereocenters. The fourth-order valence-corrected chi connectivity index (χ4v) is 2.19. The lowest BCUT2D eigenvalue weighted by Crippen LogP contribution is -2.50. The number of aryl methyl sites for hydroxylation is 1. The lowest BCUT2D eigenvalue weighted by atomic mass is 9.98. The van der Waals surface area contributed by atoms with Crippen molar-refractivity contribution in [1.82, 2.24) is 14.9 Å². The number of nitrogens with zero attached hydrogens (tertiary/aromatic N) is 2. The van der Waals surface area contributed by atoms with Gasteiger partial charge >= 0.3 is 5.97 Å². The smallest absolute Gasteiger partial charge is 0.323 e. The van der Waals surface area contributed by atoms with E-state index in [0.29, 0.717) is 19.5 Å². The molecule has 1 atom stereocenters. The maximum Gasteiger partial charge on any atom is 0.323 e. The molecule has 1 heterocycles. The number of likely N-dealkylation sites (N-methyl/N-ethyl adjacent to an activating group) is 1. The number of fused-ring (bicyclic) bond motifs is 1. The highest BCUT2D eigenvalue weighted by Gasteiger charge is 2.31. The average Bonchev–Trinajstić information content (AvgIpc) is 2.80. The molecule has 2 aromatic rings. The number of carbonyl (C=O) groups is 1. The molecule has 0 aliphatic carbocycles. The van der Waals surface area contributed by atoms with Gasteiger partial charge in [-0.2, -0.15) is 0 Å². The van der Waals surface area contributed by atoms with Crippen LogP contribution in [-0.2, 0) is 11.3 Å². The van der Waals surface area contributed by atoms with E-state index < -0.39 is 11.5 Å². The number of aliphatic carboxylic acids is 1. The van der Waals surface area contributed by atoms with Crippen LogP contribution in [0, 0.1) is 0 Å². The van der Waals surface area contributed by atoms with E-state index in [9.17, 15) is 9.90 Å². The number of aromatic nitrogens is 2. The van der Waals surface area contributed by atoms with Crippen LogP contribution in [0.15, 0.2) is 30.6 Å². The predicted octanol–water partition coefficient (Wildman–Crippen LogP) is 1.88. The number of rotatable bonds is 6. The Kier molecular flexibility index (Phi) is 3.85. The first kappa shape index (κ1) is 13.5. The van der Waals surface area contributed by atoms with Crippen LogP contribution in [0.4, 0.5) is 0 Å². The van der Waals surface area contributed by atoms with Crippen LogP contribution in [-0.4, -0.2) is 32.7 Å². The van der Waals surface area contributed by atoms with E-state index in [1.54, 1.807) is 13.3 Å². The summed E-state index contributed by atoms with van der Waals surface area (Å²) < 4.78 is 1.99. The fourth-order valence-electron chi connectivity index (χ4n) is 2.19. The largest absolute Gasteiger partial charge is 0.480 e. The number of benzene rings is 1. The van der Waals surface area contributed by atoms with Crippen molar-refractivity contribution in [2.24, 2.45) is 0 Å². The molecule has 5 nitrogen and oxygen atoms in total. The summed E-state index contributed by atoms with van der Waals surface area (Å²) in [6.45, 7) is 4.88. The number of imidazole rings is 1. The molecule has 0 spiro atoms. The van der Waals surface area contributed by atoms with E-state index in [0.717, 1.165) is 11.0 Å². The van der Waals surface area contributed by atoms with E-state index in [-0.39, 0.29) is 0 Å². The molecule has 5 heteroatoms. The number of carboxylic acid groups (broad SMARTS) is 1. The summed E-state index contributed by atoms with van der Waals surface area (Å²) in [7, 11) is 0. The van der Waals surface area contributed by atoms with Crippen molar-refractivity contribution >= 4 is 17.0 Å². The normalized spacial score (nSPS) is 14.4. The van der Waals surface area contributed by atoms with Crippen LogP contribution < -0.4 is 5.32 Å². The molecule has 2 rings (SSSR count). The first-order valence-corrected chi connectivity index (χ1v) is 6.45. The quantitative estimate of drug-likeness (QED) is 0.833. The van der Waals surface area contributed by atoms with Crippen molar-refractivity contribution in [2.75, 3.05) is 6.54 Å². The molecule has 19 heavy (non-hydrogen) atoms. The van der Waals surface area contributed by atoms with Crippen LogP contribution in [0.1, 0.15) is 20.3 Å². The van der Waals surface area contributed by atoms with Gasteiger partial charge in [-0.15, -0.1) is 0 Å². The zero-order chi connectivity index (χ0) is 13.9. The molecule has 0 fully saturated rings. The van der Waals surface area contributed by atoms with Crippen LogP contribution in [0.25, 0.3) is 11.0 Å². The van der Waals surface area contributed by atoms with Gasteiger partial charge in [-0.05, 0) is 32.0 Å². The van der Waals surface area contributed by atoms with Crippen LogP contribution in [0.2, 0.25) is 0 Å². The van der Waals surface area contributed by atoms with Crippen LogP contribution in [0.3, 0.4) is 0 Å². The zero-order valence-electron chi connectivity index (χ0n) is 11.3. The third kappa shape index (κ3) is 2.76. The number of hydrogen-bond donors (Lipinski definition) is 2. The lowest BCUT2D eigenvalue weighted by Gasteiger charge is -2.25. The number of hydrogen-bond acceptors (Lipinski definition) is 3. The monoisotopic (exact) mass is 261 g/mol. The summed E-state index contributed by atoms with van der Waals surface area (Å²) >= 11 is 0. The Balaban J connectivity index is 2.15. The molecule has 0 amide bonds. The highest BCUT2D eigenvalue weighted by molar-refractivity contribution is 5.78. The molecular weight excluding hydrogens is 242 g/mol. The topological polar surface area (TPSA) is 67.2 Å². The Morgan fingerprint density at radius 1 is 1.47 bits per heavy atom. The van der Waals surface area contributed by atoms with Crippen molar-refractivity contribution in [3.63, 3.8) is 0 Å². The van der Waals surface area contributed by atoms with Crippen molar-refractivity contribution in [3.05, 3.63) is 30.6 Å². The fraction of sp³-hybridized carbons (Fsp3) is 0.429. The molecule has 2 N–H and O–H groups in total. The van der Waals surface area contributed by atoms with Gasteiger partial charge in [-0.1, -0.05) is 19.1 Å². The van der Waals surface area contributed by atoms with Crippen molar-refractivity contribution in [1.29, 1.82) is 0 Å². The number of carboxylic acids is 1. The Labute approximate surface area is 112 Å². The van der Waals surface area contributed by atoms with Gasteiger partial charge < -0.3 is 15.0 Å². The minimum Gasteiger partial charge on any atom is -0.480 e. The second-order valence-electron chi connectivity index (χ2n) is 4.84. The first-order valence-electron chi connectivity index (χ1n) is 6.45. The average molecular weight is 261 g/mol. The van der Waals surface area contributed by atoms with E-state index in [2.05, 4.69) is 10.3 Å². The molecule has 0 radical (unpaired) electrons. The summed E-state index contributed by atoms with van der Waals surface area (Å²) in [5, 5.41) is 12.4. The van der Waals surface area contributed by atoms with Gasteiger partial charge in [0.1, 0.15) is 5.54 Å². The van der Waals surface area contributed by atoms with E-state index in [4.69, 9.17) is 0 Å². The summed E-state index contributed by atoms with van der Waals surface area (Å²) in [5.74, 6) is -0.821. The molecule has 0 aliphatic heterocycles. The molecule has 0 saturated carbocycles. The van der Waals surface area contributed by atoms with Crippen molar-refractivity contribution in [2.45, 2.75) is 32.4 Å². The molecule has 0 bridgehead atoms. The Hall–Kier alpha value is -1.88. The van der Waals surface area contributed by atoms with Gasteiger partial charge in [0, 0.05) is 6.54 Å². The van der Waals surface area contributed by atoms with Gasteiger partial charge in [0.15, 0.2) is 0 Å². The summed E-state index contributed by atoms with van der Waals surface area (Å²) in [5.41, 5.74) is 1.06. The maximum absolute atomic E-state index is 11.3. The van der Waals surface area contributed by atoms with E-state index in [1.165, 1.54) is 0 Å². The van der Waals surface area contributed by atoms with Crippen LogP contribution in [0.5, 0.6) is 0 Å². The summed E-state index contributed by atoms with van der Waals surface area (Å²) in [6, 6.07) is 7.85. The Bertz CT molecular complexity index is 579. The Morgan fingerprint density at radius 2 is 2.21 bits per heavy atom. The van der Waals surface area contributed by atoms with Gasteiger partial charge in [0.05, 0.1) is 17.4 Å². The van der Waals surface area contributed by atoms with Gasteiger partial charge in [0.25, 0.3) is 0 Å². The first-order chi connectivity index (χ1) is 9.07. The number of nitrogens with one attached hydrogen (secondary N) is 1. The van der Waals surface area contributed by atoms with Crippen LogP contribution >= 0.6 is 0 Å². The van der Waals surface area contributed by atoms with Gasteiger partial charge in [-0.25, -0.2) is 4.98 Å². The zero-order valence-corrected chi connectivity index (χ0v) is 11.3. The lowest BCUT2D eigenvalue weighted by molar-refractivity contribution is -0.144. The molecule has 1 aromatic carbocycles. The highest BCUT2D eigenvalue weighted by atomic mass is 16.4. The molecule has 102 valence electrons. The van der Waals surface area contributed by atoms with Gasteiger partial charge in [-0.3, -0.25) is 4.79 Å². The summed E-state index contributed by atoms with van der Waals surface area (Å²) in [4.78, 5) is 15.7. The molecule has 0 aliphatic rings. The third-order valence-electron chi connectivity index (χ3n) is 3.42. The second kappa shape index (κ2) is 5.40. The number of para-hydroxylation sites is 2. The standard InChI is InChI=1S/C14H19N3O2/c1-3-16-14(2,13(18)19)8-9-17-10-15-11-6-4-5-7-12(11)17/h4-7,10,16H,3,8-9H2,1-2H3,(H,18,19). The van der Waals surface area contributed by atoms with Gasteiger partial charge in [0.2, 0.25) is 0 Å². The molecule has 1 aromatic heterocycles. The van der Waals surface area contributed by atoms with E-state index in [1.807, 2.05) is 35.8 Å². The second-order valence-corrected chi connectivity index (χ2v) is 4.84. The minimum absolute atomic E-state index is 0.510. The maximum atomic E-state index is 11.3. The van der Waals surface area contributed by atoms with Crippen molar-refractivity contribution < 1.29 is 9.90 Å². The van der Waals surface area contributed by atoms with Crippen molar-refractivity contribution in [3.8, 4) is 0 Å². The highest BCUT2D eigenvalue weighted by Crippen LogP contribution is 2.16. The van der Waals surface area contributed by atoms with E-state index >= 15 is 0 Å². The SMILES string of the molecule is CCNC(C)(CCn1cnc2ccccc21)C(=O)O. The Morgan fingerprint density at radius 3 is 2.89 bits per heavy atom. The predicted molar refractivity (Wildman–Crippen MR) is 74.1 cm³/mol. The minimum atomic E-state index is -0.903. The summed E-state index contributed by atoms with van der Waals surface area (Å²) in [6.07, 6.45) is 2.27. The molecule has 0 saturated heterocycles.